The Morgan fingerprint density at radius 1 is 1.60 bits per heavy atom. The zero-order valence-electron chi connectivity index (χ0n) is 8.06. The van der Waals surface area contributed by atoms with Gasteiger partial charge in [-0.1, -0.05) is 6.07 Å². The standard InChI is InChI=1S/C10H11FN2O2/c11-9-3-1-2-8(12-9)10(15)13-5-4-7(14)6-13/h1-3,7,14H,4-6H2. The lowest BCUT2D eigenvalue weighted by atomic mass is 10.3. The summed E-state index contributed by atoms with van der Waals surface area (Å²) in [6.45, 7) is 0.801. The molecule has 0 aliphatic carbocycles. The van der Waals surface area contributed by atoms with Gasteiger partial charge < -0.3 is 10.0 Å². The Hall–Kier alpha value is -1.49. The largest absolute Gasteiger partial charge is 0.391 e. The molecular weight excluding hydrogens is 199 g/mol. The van der Waals surface area contributed by atoms with E-state index in [4.69, 9.17) is 0 Å². The molecule has 1 aromatic rings. The molecule has 1 aliphatic heterocycles. The van der Waals surface area contributed by atoms with Crippen LogP contribution < -0.4 is 0 Å². The molecule has 1 atom stereocenters. The van der Waals surface area contributed by atoms with E-state index in [1.165, 1.54) is 23.1 Å². The summed E-state index contributed by atoms with van der Waals surface area (Å²) in [6, 6.07) is 4.10. The maximum absolute atomic E-state index is 12.8. The number of carbonyl (C=O) groups is 1. The van der Waals surface area contributed by atoms with Gasteiger partial charge in [-0.3, -0.25) is 4.79 Å². The Balaban J connectivity index is 2.14. The minimum Gasteiger partial charge on any atom is -0.391 e. The molecule has 1 amide bonds. The highest BCUT2D eigenvalue weighted by Gasteiger charge is 2.26. The number of aromatic nitrogens is 1. The zero-order valence-corrected chi connectivity index (χ0v) is 8.06. The Kier molecular flexibility index (Phi) is 2.64. The van der Waals surface area contributed by atoms with Gasteiger partial charge in [-0.2, -0.15) is 4.39 Å². The third kappa shape index (κ3) is 2.12. The normalized spacial score (nSPS) is 20.7. The van der Waals surface area contributed by atoms with Crippen LogP contribution in [0.5, 0.6) is 0 Å². The fourth-order valence-electron chi connectivity index (χ4n) is 1.62. The van der Waals surface area contributed by atoms with Crippen LogP contribution in [0.1, 0.15) is 16.9 Å². The van der Waals surface area contributed by atoms with Crippen LogP contribution in [-0.2, 0) is 0 Å². The molecule has 1 unspecified atom stereocenters. The minimum absolute atomic E-state index is 0.0871. The fourth-order valence-corrected chi connectivity index (χ4v) is 1.62. The quantitative estimate of drug-likeness (QED) is 0.684. The second kappa shape index (κ2) is 3.94. The number of nitrogens with zero attached hydrogens (tertiary/aromatic N) is 2. The molecule has 0 aromatic carbocycles. The Morgan fingerprint density at radius 3 is 3.00 bits per heavy atom. The van der Waals surface area contributed by atoms with Crippen molar-refractivity contribution in [2.75, 3.05) is 13.1 Å². The molecule has 15 heavy (non-hydrogen) atoms. The number of hydrogen-bond donors (Lipinski definition) is 1. The molecule has 1 saturated heterocycles. The molecule has 0 saturated carbocycles. The van der Waals surface area contributed by atoms with Crippen molar-refractivity contribution >= 4 is 5.91 Å². The van der Waals surface area contributed by atoms with Gasteiger partial charge in [0.05, 0.1) is 6.10 Å². The van der Waals surface area contributed by atoms with Gasteiger partial charge in [-0.25, -0.2) is 4.98 Å². The first-order valence-corrected chi connectivity index (χ1v) is 4.77. The van der Waals surface area contributed by atoms with E-state index in [-0.39, 0.29) is 11.6 Å². The number of aliphatic hydroxyl groups excluding tert-OH is 1. The lowest BCUT2D eigenvalue weighted by Crippen LogP contribution is -2.30. The number of likely N-dealkylation sites (tertiary alicyclic amines) is 1. The Morgan fingerprint density at radius 2 is 2.40 bits per heavy atom. The number of rotatable bonds is 1. The van der Waals surface area contributed by atoms with Crippen LogP contribution in [0.3, 0.4) is 0 Å². The van der Waals surface area contributed by atoms with Crippen molar-refractivity contribution < 1.29 is 14.3 Å². The number of pyridine rings is 1. The molecule has 5 heteroatoms. The van der Waals surface area contributed by atoms with E-state index in [1.54, 1.807) is 0 Å². The van der Waals surface area contributed by atoms with Crippen LogP contribution in [0.4, 0.5) is 4.39 Å². The summed E-state index contributed by atoms with van der Waals surface area (Å²) in [6.07, 6.45) is 0.101. The van der Waals surface area contributed by atoms with Gasteiger partial charge >= 0.3 is 0 Å². The lowest BCUT2D eigenvalue weighted by molar-refractivity contribution is 0.0758. The van der Waals surface area contributed by atoms with Crippen LogP contribution in [0.2, 0.25) is 0 Å². The Bertz CT molecular complexity index is 383. The summed E-state index contributed by atoms with van der Waals surface area (Å²) in [7, 11) is 0. The number of amides is 1. The topological polar surface area (TPSA) is 53.4 Å². The highest BCUT2D eigenvalue weighted by molar-refractivity contribution is 5.92. The number of hydrogen-bond acceptors (Lipinski definition) is 3. The van der Waals surface area contributed by atoms with Crippen molar-refractivity contribution in [1.29, 1.82) is 0 Å². The maximum Gasteiger partial charge on any atom is 0.272 e. The van der Waals surface area contributed by atoms with Gasteiger partial charge in [0.15, 0.2) is 0 Å². The van der Waals surface area contributed by atoms with Crippen molar-refractivity contribution in [2.24, 2.45) is 0 Å². The minimum atomic E-state index is -0.666. The molecule has 0 bridgehead atoms. The van der Waals surface area contributed by atoms with Crippen LogP contribution >= 0.6 is 0 Å². The highest BCUT2D eigenvalue weighted by Crippen LogP contribution is 2.12. The molecule has 2 heterocycles. The summed E-state index contributed by atoms with van der Waals surface area (Å²) in [5.74, 6) is -0.994. The molecule has 1 aliphatic rings. The molecule has 1 N–H and O–H groups in total. The molecule has 1 fully saturated rings. The maximum atomic E-state index is 12.8. The summed E-state index contributed by atoms with van der Waals surface area (Å²) >= 11 is 0. The van der Waals surface area contributed by atoms with Crippen molar-refractivity contribution in [3.05, 3.63) is 29.8 Å². The van der Waals surface area contributed by atoms with E-state index in [9.17, 15) is 14.3 Å². The molecule has 0 radical (unpaired) electrons. The smallest absolute Gasteiger partial charge is 0.272 e. The molecule has 0 spiro atoms. The summed E-state index contributed by atoms with van der Waals surface area (Å²) in [4.78, 5) is 16.7. The van der Waals surface area contributed by atoms with E-state index >= 15 is 0 Å². The van der Waals surface area contributed by atoms with Crippen molar-refractivity contribution in [3.8, 4) is 0 Å². The number of β-amino-alcohol motifs (C(OH)–C–C–N with tert-alkyl or cyclic N) is 1. The third-order valence-corrected chi connectivity index (χ3v) is 2.38. The highest BCUT2D eigenvalue weighted by atomic mass is 19.1. The van der Waals surface area contributed by atoms with Gasteiger partial charge in [0, 0.05) is 13.1 Å². The van der Waals surface area contributed by atoms with Gasteiger partial charge in [0.2, 0.25) is 5.95 Å². The SMILES string of the molecule is O=C(c1cccc(F)n1)N1CCC(O)C1. The predicted molar refractivity (Wildman–Crippen MR) is 50.7 cm³/mol. The van der Waals surface area contributed by atoms with E-state index < -0.39 is 12.1 Å². The average Bonchev–Trinajstić information content (AvgIpc) is 2.64. The van der Waals surface area contributed by atoms with Gasteiger partial charge in [-0.15, -0.1) is 0 Å². The van der Waals surface area contributed by atoms with E-state index in [1.807, 2.05) is 0 Å². The first-order chi connectivity index (χ1) is 7.16. The first kappa shape index (κ1) is 10.0. The van der Waals surface area contributed by atoms with E-state index in [2.05, 4.69) is 4.98 Å². The predicted octanol–water partition coefficient (Wildman–Crippen LogP) is 0.427. The van der Waals surface area contributed by atoms with Crippen molar-refractivity contribution in [2.45, 2.75) is 12.5 Å². The van der Waals surface area contributed by atoms with Crippen LogP contribution in [0.25, 0.3) is 0 Å². The van der Waals surface area contributed by atoms with Gasteiger partial charge in [-0.05, 0) is 18.6 Å². The third-order valence-electron chi connectivity index (χ3n) is 2.38. The lowest BCUT2D eigenvalue weighted by Gasteiger charge is -2.14. The monoisotopic (exact) mass is 210 g/mol. The number of carbonyl (C=O) groups excluding carboxylic acids is 1. The molecule has 80 valence electrons. The molecule has 1 aromatic heterocycles. The van der Waals surface area contributed by atoms with Crippen LogP contribution in [0, 0.1) is 5.95 Å². The summed E-state index contributed by atoms with van der Waals surface area (Å²) in [5.41, 5.74) is 0.0871. The number of aliphatic hydroxyl groups is 1. The summed E-state index contributed by atoms with van der Waals surface area (Å²) < 4.78 is 12.8. The van der Waals surface area contributed by atoms with E-state index in [0.29, 0.717) is 19.5 Å². The molecule has 2 rings (SSSR count). The van der Waals surface area contributed by atoms with Crippen molar-refractivity contribution in [1.82, 2.24) is 9.88 Å². The van der Waals surface area contributed by atoms with Crippen LogP contribution in [0.15, 0.2) is 18.2 Å². The first-order valence-electron chi connectivity index (χ1n) is 4.77. The second-order valence-corrected chi connectivity index (χ2v) is 3.54. The molecule has 4 nitrogen and oxygen atoms in total. The summed E-state index contributed by atoms with van der Waals surface area (Å²) in [5, 5.41) is 9.26. The average molecular weight is 210 g/mol. The zero-order chi connectivity index (χ0) is 10.8. The van der Waals surface area contributed by atoms with Crippen molar-refractivity contribution in [3.63, 3.8) is 0 Å². The molecular formula is C10H11FN2O2. The van der Waals surface area contributed by atoms with Crippen LogP contribution in [-0.4, -0.2) is 40.1 Å². The fraction of sp³-hybridized carbons (Fsp3) is 0.400. The second-order valence-electron chi connectivity index (χ2n) is 3.54. The Labute approximate surface area is 86.4 Å². The van der Waals surface area contributed by atoms with Gasteiger partial charge in [0.1, 0.15) is 5.69 Å². The van der Waals surface area contributed by atoms with E-state index in [0.717, 1.165) is 0 Å². The number of halogens is 1. The van der Waals surface area contributed by atoms with Gasteiger partial charge in [0.25, 0.3) is 5.91 Å².